The van der Waals surface area contributed by atoms with Crippen LogP contribution in [0.25, 0.3) is 0 Å². The Balaban J connectivity index is 1.32. The van der Waals surface area contributed by atoms with Crippen molar-refractivity contribution in [3.63, 3.8) is 0 Å². The van der Waals surface area contributed by atoms with E-state index in [4.69, 9.17) is 4.74 Å². The first-order valence-electron chi connectivity index (χ1n) is 11.7. The Labute approximate surface area is 194 Å². The van der Waals surface area contributed by atoms with Crippen LogP contribution in [0.15, 0.2) is 54.6 Å². The second kappa shape index (κ2) is 10.1. The number of hydrogen-bond acceptors (Lipinski definition) is 4. The molecule has 2 aromatic rings. The molecule has 0 saturated carbocycles. The summed E-state index contributed by atoms with van der Waals surface area (Å²) >= 11 is 0. The van der Waals surface area contributed by atoms with Gasteiger partial charge >= 0.3 is 6.03 Å². The van der Waals surface area contributed by atoms with Crippen molar-refractivity contribution in [2.24, 2.45) is 0 Å². The van der Waals surface area contributed by atoms with Gasteiger partial charge in [-0.3, -0.25) is 14.5 Å². The van der Waals surface area contributed by atoms with Crippen molar-refractivity contribution in [1.82, 2.24) is 15.1 Å². The molecule has 2 aromatic carbocycles. The molecule has 2 aliphatic rings. The highest BCUT2D eigenvalue weighted by molar-refractivity contribution is 6.07. The van der Waals surface area contributed by atoms with Crippen LogP contribution in [-0.2, 0) is 11.2 Å². The number of nitrogens with one attached hydrogen (secondary N) is 1. The number of amides is 4. The van der Waals surface area contributed by atoms with Crippen molar-refractivity contribution in [3.8, 4) is 5.75 Å². The monoisotopic (exact) mass is 449 g/mol. The van der Waals surface area contributed by atoms with Crippen molar-refractivity contribution in [1.29, 1.82) is 0 Å². The van der Waals surface area contributed by atoms with Gasteiger partial charge in [0.15, 0.2) is 0 Å². The predicted molar refractivity (Wildman–Crippen MR) is 125 cm³/mol. The van der Waals surface area contributed by atoms with Crippen LogP contribution in [0.4, 0.5) is 4.79 Å². The summed E-state index contributed by atoms with van der Waals surface area (Å²) in [7, 11) is 0. The Kier molecular flexibility index (Phi) is 6.96. The Morgan fingerprint density at radius 2 is 1.73 bits per heavy atom. The zero-order valence-electron chi connectivity index (χ0n) is 19.1. The van der Waals surface area contributed by atoms with Crippen molar-refractivity contribution in [2.45, 2.75) is 44.6 Å². The van der Waals surface area contributed by atoms with E-state index in [9.17, 15) is 14.4 Å². The van der Waals surface area contributed by atoms with Gasteiger partial charge in [-0.25, -0.2) is 4.79 Å². The number of nitrogens with zero attached hydrogens (tertiary/aromatic N) is 2. The summed E-state index contributed by atoms with van der Waals surface area (Å²) in [6, 6.07) is 16.7. The number of piperidine rings is 1. The van der Waals surface area contributed by atoms with Crippen LogP contribution in [0.5, 0.6) is 5.75 Å². The molecule has 0 atom stereocenters. The molecule has 7 heteroatoms. The molecular formula is C26H31N3O4. The van der Waals surface area contributed by atoms with Crippen molar-refractivity contribution in [2.75, 3.05) is 26.2 Å². The molecule has 7 nitrogen and oxygen atoms in total. The van der Waals surface area contributed by atoms with Crippen LogP contribution in [0.2, 0.25) is 0 Å². The fraction of sp³-hybridized carbons (Fsp3) is 0.423. The van der Waals surface area contributed by atoms with Crippen molar-refractivity contribution >= 4 is 17.8 Å². The molecule has 0 aliphatic carbocycles. The van der Waals surface area contributed by atoms with Crippen molar-refractivity contribution < 1.29 is 19.1 Å². The van der Waals surface area contributed by atoms with Gasteiger partial charge in [-0.2, -0.15) is 0 Å². The minimum absolute atomic E-state index is 0.0670. The maximum atomic E-state index is 13.1. The van der Waals surface area contributed by atoms with E-state index in [0.29, 0.717) is 51.1 Å². The number of carbonyl (C=O) groups excluding carboxylic acids is 3. The first kappa shape index (κ1) is 22.8. The lowest BCUT2D eigenvalue weighted by atomic mass is 9.87. The quantitative estimate of drug-likeness (QED) is 0.493. The molecule has 2 aliphatic heterocycles. The number of rotatable bonds is 8. The number of carbonyl (C=O) groups is 3. The molecule has 2 saturated heterocycles. The predicted octanol–water partition coefficient (Wildman–Crippen LogP) is 3.63. The van der Waals surface area contributed by atoms with Gasteiger partial charge in [-0.05, 0) is 55.5 Å². The third-order valence-corrected chi connectivity index (χ3v) is 6.48. The van der Waals surface area contributed by atoms with E-state index in [2.05, 4.69) is 12.2 Å². The molecule has 0 bridgehead atoms. The number of ether oxygens (including phenoxy) is 1. The highest BCUT2D eigenvalue weighted by Crippen LogP contribution is 2.30. The first-order chi connectivity index (χ1) is 16.0. The molecule has 33 heavy (non-hydrogen) atoms. The van der Waals surface area contributed by atoms with Crippen LogP contribution in [0.3, 0.4) is 0 Å². The standard InChI is InChI=1S/C26H31N3O4/c1-2-3-19-33-22-11-9-21(10-12-22)23(30)28-17-14-26(15-18-28)24(31)29(25(32)27-26)16-13-20-7-5-4-6-8-20/h4-12H,2-3,13-19H2,1H3,(H,27,32). The Morgan fingerprint density at radius 3 is 2.39 bits per heavy atom. The van der Waals surface area contributed by atoms with E-state index in [-0.39, 0.29) is 17.8 Å². The molecule has 4 amide bonds. The zero-order chi connectivity index (χ0) is 23.3. The normalized spacial score (nSPS) is 17.4. The fourth-order valence-corrected chi connectivity index (χ4v) is 4.41. The third-order valence-electron chi connectivity index (χ3n) is 6.48. The van der Waals surface area contributed by atoms with E-state index in [0.717, 1.165) is 24.2 Å². The molecule has 1 spiro atoms. The average Bonchev–Trinajstić information content (AvgIpc) is 3.07. The highest BCUT2D eigenvalue weighted by Gasteiger charge is 2.52. The minimum Gasteiger partial charge on any atom is -0.494 e. The minimum atomic E-state index is -0.901. The van der Waals surface area contributed by atoms with Gasteiger partial charge in [0.2, 0.25) is 0 Å². The molecule has 2 heterocycles. The van der Waals surface area contributed by atoms with Gasteiger partial charge in [-0.1, -0.05) is 43.7 Å². The molecular weight excluding hydrogens is 418 g/mol. The fourth-order valence-electron chi connectivity index (χ4n) is 4.41. The van der Waals surface area contributed by atoms with Crippen molar-refractivity contribution in [3.05, 3.63) is 65.7 Å². The zero-order valence-corrected chi connectivity index (χ0v) is 19.1. The molecule has 0 unspecified atom stereocenters. The Bertz CT molecular complexity index is 982. The molecule has 1 N–H and O–H groups in total. The van der Waals surface area contributed by atoms with Gasteiger partial charge in [0.25, 0.3) is 11.8 Å². The maximum absolute atomic E-state index is 13.1. The van der Waals surface area contributed by atoms with Crippen LogP contribution >= 0.6 is 0 Å². The summed E-state index contributed by atoms with van der Waals surface area (Å²) in [5, 5.41) is 2.92. The molecule has 0 radical (unpaired) electrons. The van der Waals surface area contributed by atoms with E-state index < -0.39 is 5.54 Å². The van der Waals surface area contributed by atoms with Gasteiger partial charge in [-0.15, -0.1) is 0 Å². The number of likely N-dealkylation sites (tertiary alicyclic amines) is 1. The van der Waals surface area contributed by atoms with Crippen LogP contribution < -0.4 is 10.1 Å². The largest absolute Gasteiger partial charge is 0.494 e. The highest BCUT2D eigenvalue weighted by atomic mass is 16.5. The average molecular weight is 450 g/mol. The van der Waals surface area contributed by atoms with Crippen LogP contribution in [-0.4, -0.2) is 59.4 Å². The number of hydrogen-bond donors (Lipinski definition) is 1. The summed E-state index contributed by atoms with van der Waals surface area (Å²) in [5.74, 6) is 0.513. The van der Waals surface area contributed by atoms with Gasteiger partial charge in [0.05, 0.1) is 6.61 Å². The molecule has 174 valence electrons. The number of urea groups is 1. The summed E-state index contributed by atoms with van der Waals surface area (Å²) in [6.07, 6.45) is 3.53. The lowest BCUT2D eigenvalue weighted by Gasteiger charge is -2.37. The Morgan fingerprint density at radius 1 is 1.03 bits per heavy atom. The van der Waals surface area contributed by atoms with Gasteiger partial charge in [0, 0.05) is 25.2 Å². The SMILES string of the molecule is CCCCOc1ccc(C(=O)N2CCC3(CC2)NC(=O)N(CCc2ccccc2)C3=O)cc1. The van der Waals surface area contributed by atoms with E-state index >= 15 is 0 Å². The summed E-state index contributed by atoms with van der Waals surface area (Å²) < 4.78 is 5.66. The lowest BCUT2D eigenvalue weighted by molar-refractivity contribution is -0.132. The number of benzene rings is 2. The van der Waals surface area contributed by atoms with E-state index in [1.807, 2.05) is 42.5 Å². The molecule has 4 rings (SSSR count). The van der Waals surface area contributed by atoms with E-state index in [1.165, 1.54) is 4.90 Å². The van der Waals surface area contributed by atoms with Gasteiger partial charge < -0.3 is 15.0 Å². The molecule has 0 aromatic heterocycles. The summed E-state index contributed by atoms with van der Waals surface area (Å²) in [5.41, 5.74) is 0.781. The first-order valence-corrected chi connectivity index (χ1v) is 11.7. The van der Waals surface area contributed by atoms with Gasteiger partial charge in [0.1, 0.15) is 11.3 Å². The Hall–Kier alpha value is -3.35. The number of imide groups is 1. The summed E-state index contributed by atoms with van der Waals surface area (Å²) in [4.78, 5) is 41.7. The second-order valence-electron chi connectivity index (χ2n) is 8.72. The number of unbranched alkanes of at least 4 members (excludes halogenated alkanes) is 1. The summed E-state index contributed by atoms with van der Waals surface area (Å²) in [6.45, 7) is 3.98. The van der Waals surface area contributed by atoms with Crippen LogP contribution in [0, 0.1) is 0 Å². The van der Waals surface area contributed by atoms with Crippen LogP contribution in [0.1, 0.15) is 48.5 Å². The second-order valence-corrected chi connectivity index (χ2v) is 8.72. The molecule has 2 fully saturated rings. The third kappa shape index (κ3) is 5.02. The lowest BCUT2D eigenvalue weighted by Crippen LogP contribution is -2.55. The maximum Gasteiger partial charge on any atom is 0.325 e. The topological polar surface area (TPSA) is 79.0 Å². The smallest absolute Gasteiger partial charge is 0.325 e. The van der Waals surface area contributed by atoms with E-state index in [1.54, 1.807) is 17.0 Å².